The van der Waals surface area contributed by atoms with Crippen LogP contribution < -0.4 is 15.4 Å². The Hall–Kier alpha value is -3.53. The van der Waals surface area contributed by atoms with Gasteiger partial charge in [-0.05, 0) is 55.0 Å². The van der Waals surface area contributed by atoms with Crippen molar-refractivity contribution >= 4 is 38.7 Å². The smallest absolute Gasteiger partial charge is 0.355 e. The molecule has 0 spiro atoms. The van der Waals surface area contributed by atoms with Crippen LogP contribution in [0.5, 0.6) is 0 Å². The number of amides is 1. The molecule has 1 amide bonds. The highest BCUT2D eigenvalue weighted by Gasteiger charge is 2.30. The predicted molar refractivity (Wildman–Crippen MR) is 119 cm³/mol. The lowest BCUT2D eigenvalue weighted by Crippen LogP contribution is -2.15. The van der Waals surface area contributed by atoms with Gasteiger partial charge in [0.15, 0.2) is 0 Å². The SMILES string of the molecule is Cc1ccc(NC(=O)c2ccccc2Nc2cccc(C(F)(F)F)c2)cc1NS(C)(=O)=O. The first-order valence-electron chi connectivity index (χ1n) is 9.35. The normalized spacial score (nSPS) is 11.7. The molecular formula is C22H20F3N3O3S. The summed E-state index contributed by atoms with van der Waals surface area (Å²) < 4.78 is 64.4. The molecule has 0 unspecified atom stereocenters. The van der Waals surface area contributed by atoms with Crippen molar-refractivity contribution in [1.29, 1.82) is 0 Å². The van der Waals surface area contributed by atoms with Gasteiger partial charge in [0.1, 0.15) is 0 Å². The Balaban J connectivity index is 1.85. The number of benzene rings is 3. The van der Waals surface area contributed by atoms with Gasteiger partial charge in [-0.3, -0.25) is 9.52 Å². The van der Waals surface area contributed by atoms with E-state index in [-0.39, 0.29) is 11.3 Å². The summed E-state index contributed by atoms with van der Waals surface area (Å²) in [4.78, 5) is 12.9. The van der Waals surface area contributed by atoms with Gasteiger partial charge in [-0.15, -0.1) is 0 Å². The van der Waals surface area contributed by atoms with E-state index in [0.29, 0.717) is 22.6 Å². The van der Waals surface area contributed by atoms with Crippen LogP contribution in [0.25, 0.3) is 0 Å². The largest absolute Gasteiger partial charge is 0.416 e. The summed E-state index contributed by atoms with van der Waals surface area (Å²) in [6.45, 7) is 1.72. The third kappa shape index (κ3) is 6.01. The number of hydrogen-bond donors (Lipinski definition) is 3. The Kier molecular flexibility index (Phi) is 6.45. The molecule has 0 fully saturated rings. The molecule has 168 valence electrons. The van der Waals surface area contributed by atoms with Gasteiger partial charge < -0.3 is 10.6 Å². The molecule has 0 aromatic heterocycles. The minimum absolute atomic E-state index is 0.176. The summed E-state index contributed by atoms with van der Waals surface area (Å²) >= 11 is 0. The number of alkyl halides is 3. The van der Waals surface area contributed by atoms with Crippen LogP contribution in [0.15, 0.2) is 66.7 Å². The molecule has 0 saturated carbocycles. The topological polar surface area (TPSA) is 87.3 Å². The van der Waals surface area contributed by atoms with Crippen LogP contribution in [0.4, 0.5) is 35.9 Å². The minimum atomic E-state index is -4.49. The molecule has 0 atom stereocenters. The zero-order chi connectivity index (χ0) is 23.5. The van der Waals surface area contributed by atoms with Crippen molar-refractivity contribution in [3.05, 3.63) is 83.4 Å². The number of carbonyl (C=O) groups is 1. The Morgan fingerprint density at radius 2 is 1.59 bits per heavy atom. The van der Waals surface area contributed by atoms with E-state index in [0.717, 1.165) is 18.4 Å². The fourth-order valence-corrected chi connectivity index (χ4v) is 3.55. The van der Waals surface area contributed by atoms with Crippen LogP contribution in [0.2, 0.25) is 0 Å². The second-order valence-corrected chi connectivity index (χ2v) is 8.86. The molecule has 0 radical (unpaired) electrons. The molecule has 0 aliphatic heterocycles. The van der Waals surface area contributed by atoms with Crippen molar-refractivity contribution in [3.8, 4) is 0 Å². The zero-order valence-corrected chi connectivity index (χ0v) is 17.9. The molecular weight excluding hydrogens is 443 g/mol. The van der Waals surface area contributed by atoms with Gasteiger partial charge in [0.25, 0.3) is 5.91 Å². The van der Waals surface area contributed by atoms with Crippen molar-refractivity contribution in [2.24, 2.45) is 0 Å². The molecule has 3 aromatic carbocycles. The first-order chi connectivity index (χ1) is 14.9. The van der Waals surface area contributed by atoms with E-state index in [1.54, 1.807) is 37.3 Å². The van der Waals surface area contributed by atoms with Gasteiger partial charge in [0, 0.05) is 11.4 Å². The van der Waals surface area contributed by atoms with Crippen molar-refractivity contribution < 1.29 is 26.4 Å². The van der Waals surface area contributed by atoms with Gasteiger partial charge in [-0.25, -0.2) is 8.42 Å². The van der Waals surface area contributed by atoms with E-state index in [1.807, 2.05) is 0 Å². The zero-order valence-electron chi connectivity index (χ0n) is 17.1. The maximum atomic E-state index is 13.0. The summed E-state index contributed by atoms with van der Waals surface area (Å²) in [5.41, 5.74) is 1.21. The molecule has 0 aliphatic rings. The molecule has 0 saturated heterocycles. The standard InChI is InChI=1S/C22H20F3N3O3S/c1-14-10-11-17(13-20(14)28-32(2,30)31)27-21(29)18-8-3-4-9-19(18)26-16-7-5-6-15(12-16)22(23,24)25/h3-13,26,28H,1-2H3,(H,27,29). The van der Waals surface area contributed by atoms with Crippen LogP contribution >= 0.6 is 0 Å². The van der Waals surface area contributed by atoms with Crippen LogP contribution in [-0.2, 0) is 16.2 Å². The van der Waals surface area contributed by atoms with Gasteiger partial charge in [0.2, 0.25) is 10.0 Å². The number of para-hydroxylation sites is 1. The molecule has 0 aliphatic carbocycles. The Bertz CT molecular complexity index is 1260. The first kappa shape index (κ1) is 23.1. The van der Waals surface area contributed by atoms with Crippen LogP contribution in [0.1, 0.15) is 21.5 Å². The number of sulfonamides is 1. The highest BCUT2D eigenvalue weighted by atomic mass is 32.2. The number of aryl methyl sites for hydroxylation is 1. The first-order valence-corrected chi connectivity index (χ1v) is 11.2. The summed E-state index contributed by atoms with van der Waals surface area (Å²) in [6.07, 6.45) is -3.47. The lowest BCUT2D eigenvalue weighted by Gasteiger charge is -2.15. The minimum Gasteiger partial charge on any atom is -0.355 e. The van der Waals surface area contributed by atoms with Gasteiger partial charge in [0.05, 0.1) is 28.8 Å². The number of nitrogens with one attached hydrogen (secondary N) is 3. The Morgan fingerprint density at radius 3 is 2.28 bits per heavy atom. The summed E-state index contributed by atoms with van der Waals surface area (Å²) in [7, 11) is -3.51. The maximum Gasteiger partial charge on any atom is 0.416 e. The molecule has 6 nitrogen and oxygen atoms in total. The van der Waals surface area contributed by atoms with Crippen molar-refractivity contribution in [3.63, 3.8) is 0 Å². The quantitative estimate of drug-likeness (QED) is 0.458. The van der Waals surface area contributed by atoms with Gasteiger partial charge in [-0.2, -0.15) is 13.2 Å². The van der Waals surface area contributed by atoms with Crippen LogP contribution in [0.3, 0.4) is 0 Å². The Labute approximate surface area is 183 Å². The molecule has 0 heterocycles. The number of halogens is 3. The second-order valence-electron chi connectivity index (χ2n) is 7.11. The molecule has 3 N–H and O–H groups in total. The molecule has 32 heavy (non-hydrogen) atoms. The van der Waals surface area contributed by atoms with E-state index in [4.69, 9.17) is 0 Å². The van der Waals surface area contributed by atoms with E-state index < -0.39 is 27.7 Å². The number of anilines is 4. The number of rotatable bonds is 6. The second kappa shape index (κ2) is 8.91. The Morgan fingerprint density at radius 1 is 0.875 bits per heavy atom. The fraction of sp³-hybridized carbons (Fsp3) is 0.136. The fourth-order valence-electron chi connectivity index (χ4n) is 2.93. The average Bonchev–Trinajstić information content (AvgIpc) is 2.69. The lowest BCUT2D eigenvalue weighted by molar-refractivity contribution is -0.137. The molecule has 3 rings (SSSR count). The molecule has 3 aromatic rings. The van der Waals surface area contributed by atoms with E-state index in [1.165, 1.54) is 24.3 Å². The van der Waals surface area contributed by atoms with Gasteiger partial charge >= 0.3 is 6.18 Å². The van der Waals surface area contributed by atoms with Crippen LogP contribution in [-0.4, -0.2) is 20.6 Å². The predicted octanol–water partition coefficient (Wildman–Crippen LogP) is 5.38. The summed E-state index contributed by atoms with van der Waals surface area (Å²) in [6, 6.07) is 15.8. The van der Waals surface area contributed by atoms with Crippen LogP contribution in [0, 0.1) is 6.92 Å². The highest BCUT2D eigenvalue weighted by Crippen LogP contribution is 2.32. The monoisotopic (exact) mass is 463 g/mol. The highest BCUT2D eigenvalue weighted by molar-refractivity contribution is 7.92. The number of hydrogen-bond acceptors (Lipinski definition) is 4. The van der Waals surface area contributed by atoms with E-state index >= 15 is 0 Å². The number of carbonyl (C=O) groups excluding carboxylic acids is 1. The molecule has 10 heteroatoms. The van der Waals surface area contributed by atoms with E-state index in [2.05, 4.69) is 15.4 Å². The van der Waals surface area contributed by atoms with Crippen molar-refractivity contribution in [2.75, 3.05) is 21.6 Å². The van der Waals surface area contributed by atoms with Crippen molar-refractivity contribution in [2.45, 2.75) is 13.1 Å². The summed E-state index contributed by atoms with van der Waals surface area (Å²) in [5.74, 6) is -0.519. The third-order valence-corrected chi connectivity index (χ3v) is 5.02. The van der Waals surface area contributed by atoms with Gasteiger partial charge in [-0.1, -0.05) is 24.3 Å². The lowest BCUT2D eigenvalue weighted by atomic mass is 10.1. The van der Waals surface area contributed by atoms with Crippen molar-refractivity contribution in [1.82, 2.24) is 0 Å². The summed E-state index contributed by atoms with van der Waals surface area (Å²) in [5, 5.41) is 5.53. The maximum absolute atomic E-state index is 13.0. The van der Waals surface area contributed by atoms with E-state index in [9.17, 15) is 26.4 Å². The molecule has 0 bridgehead atoms. The third-order valence-electron chi connectivity index (χ3n) is 4.43. The average molecular weight is 463 g/mol.